The predicted octanol–water partition coefficient (Wildman–Crippen LogP) is 5.27. The third-order valence-corrected chi connectivity index (χ3v) is 5.72. The van der Waals surface area contributed by atoms with Crippen molar-refractivity contribution in [2.75, 3.05) is 17.7 Å². The van der Waals surface area contributed by atoms with Gasteiger partial charge in [0.1, 0.15) is 17.6 Å². The summed E-state index contributed by atoms with van der Waals surface area (Å²) < 4.78 is 11.2. The number of carbonyl (C=O) groups is 1. The van der Waals surface area contributed by atoms with E-state index in [-0.39, 0.29) is 17.7 Å². The second-order valence-corrected chi connectivity index (χ2v) is 7.43. The van der Waals surface area contributed by atoms with Crippen molar-refractivity contribution in [1.29, 1.82) is 0 Å². The summed E-state index contributed by atoms with van der Waals surface area (Å²) in [4.78, 5) is 13.4. The molecule has 0 radical (unpaired) electrons. The molecule has 2 aromatic carbocycles. The molecule has 5 rings (SSSR count). The highest BCUT2D eigenvalue weighted by molar-refractivity contribution is 6.01. The molecule has 0 saturated heterocycles. The van der Waals surface area contributed by atoms with E-state index < -0.39 is 0 Å². The molecule has 0 saturated carbocycles. The van der Waals surface area contributed by atoms with E-state index in [1.165, 1.54) is 0 Å². The minimum Gasteiger partial charge on any atom is -0.496 e. The zero-order chi connectivity index (χ0) is 19.8. The highest BCUT2D eigenvalue weighted by Gasteiger charge is 2.37. The normalized spacial score (nSPS) is 20.8. The minimum absolute atomic E-state index is 0.0624. The standard InChI is InChI=1S/C24H22N2O3/c1-28-21-10-5-2-7-16(21)15-13-19-23(20(27)14-15)24(22-11-6-12-29-22)26-18-9-4-3-8-17(18)25-19/h2-12,15,24-26H,13-14H2,1H3/t15-,24+/m1/s1. The summed E-state index contributed by atoms with van der Waals surface area (Å²) in [5.41, 5.74) is 4.67. The van der Waals surface area contributed by atoms with Gasteiger partial charge in [0, 0.05) is 23.6 Å². The van der Waals surface area contributed by atoms with Crippen molar-refractivity contribution in [3.05, 3.63) is 89.5 Å². The van der Waals surface area contributed by atoms with Gasteiger partial charge in [0.25, 0.3) is 0 Å². The zero-order valence-corrected chi connectivity index (χ0v) is 16.1. The summed E-state index contributed by atoms with van der Waals surface area (Å²) in [5, 5.41) is 7.04. The van der Waals surface area contributed by atoms with Crippen molar-refractivity contribution in [3.63, 3.8) is 0 Å². The number of hydrogen-bond donors (Lipinski definition) is 2. The molecule has 146 valence electrons. The van der Waals surface area contributed by atoms with Crippen LogP contribution in [0.1, 0.15) is 36.1 Å². The number of ether oxygens (including phenoxy) is 1. The third kappa shape index (κ3) is 3.09. The summed E-state index contributed by atoms with van der Waals surface area (Å²) in [5.74, 6) is 1.74. The quantitative estimate of drug-likeness (QED) is 0.642. The molecule has 1 aliphatic heterocycles. The van der Waals surface area contributed by atoms with Crippen LogP contribution in [0.15, 0.2) is 82.6 Å². The largest absolute Gasteiger partial charge is 0.496 e. The van der Waals surface area contributed by atoms with Crippen molar-refractivity contribution in [2.24, 2.45) is 0 Å². The number of carbonyl (C=O) groups excluding carboxylic acids is 1. The molecule has 2 aliphatic rings. The summed E-state index contributed by atoms with van der Waals surface area (Å²) >= 11 is 0. The van der Waals surface area contributed by atoms with Gasteiger partial charge in [-0.15, -0.1) is 0 Å². The van der Waals surface area contributed by atoms with Crippen LogP contribution in [-0.4, -0.2) is 12.9 Å². The fourth-order valence-corrected chi connectivity index (χ4v) is 4.38. The van der Waals surface area contributed by atoms with E-state index in [1.807, 2.05) is 54.6 Å². The fraction of sp³-hybridized carbons (Fsp3) is 0.208. The Balaban J connectivity index is 1.61. The number of fused-ring (bicyclic) bond motifs is 1. The average Bonchev–Trinajstić information content (AvgIpc) is 3.22. The van der Waals surface area contributed by atoms with Crippen LogP contribution in [-0.2, 0) is 4.79 Å². The number of rotatable bonds is 3. The Morgan fingerprint density at radius 1 is 0.966 bits per heavy atom. The van der Waals surface area contributed by atoms with Gasteiger partial charge >= 0.3 is 0 Å². The molecule has 0 unspecified atom stereocenters. The molecule has 0 bridgehead atoms. The molecule has 2 N–H and O–H groups in total. The van der Waals surface area contributed by atoms with Crippen molar-refractivity contribution >= 4 is 17.2 Å². The van der Waals surface area contributed by atoms with Crippen LogP contribution in [0.3, 0.4) is 0 Å². The molecule has 5 nitrogen and oxygen atoms in total. The van der Waals surface area contributed by atoms with E-state index in [0.29, 0.717) is 6.42 Å². The Morgan fingerprint density at radius 2 is 1.76 bits per heavy atom. The molecule has 0 fully saturated rings. The van der Waals surface area contributed by atoms with Gasteiger partial charge in [0.15, 0.2) is 5.78 Å². The topological polar surface area (TPSA) is 63.5 Å². The van der Waals surface area contributed by atoms with Crippen LogP contribution in [0.2, 0.25) is 0 Å². The molecule has 5 heteroatoms. The monoisotopic (exact) mass is 386 g/mol. The first-order valence-corrected chi connectivity index (χ1v) is 9.79. The molecule has 2 heterocycles. The first-order chi connectivity index (χ1) is 14.2. The summed E-state index contributed by atoms with van der Waals surface area (Å²) in [6, 6.07) is 19.4. The Labute approximate surface area is 169 Å². The lowest BCUT2D eigenvalue weighted by atomic mass is 9.79. The Hall–Kier alpha value is -3.47. The number of methoxy groups -OCH3 is 1. The van der Waals surface area contributed by atoms with E-state index in [9.17, 15) is 4.79 Å². The van der Waals surface area contributed by atoms with Crippen LogP contribution in [0.5, 0.6) is 5.75 Å². The molecule has 29 heavy (non-hydrogen) atoms. The Kier molecular flexibility index (Phi) is 4.35. The van der Waals surface area contributed by atoms with Crippen LogP contribution in [0.4, 0.5) is 11.4 Å². The SMILES string of the molecule is COc1ccccc1[C@H]1CC(=O)C2=C(C1)Nc1ccccc1N[C@H]2c1ccco1. The summed E-state index contributed by atoms with van der Waals surface area (Å²) in [7, 11) is 1.67. The molecular formula is C24H22N2O3. The van der Waals surface area contributed by atoms with Gasteiger partial charge in [-0.2, -0.15) is 0 Å². The van der Waals surface area contributed by atoms with Gasteiger partial charge in [0.05, 0.1) is 24.7 Å². The lowest BCUT2D eigenvalue weighted by Crippen LogP contribution is -2.26. The number of furan rings is 1. The van der Waals surface area contributed by atoms with Gasteiger partial charge in [-0.05, 0) is 42.3 Å². The maximum atomic E-state index is 13.4. The average molecular weight is 386 g/mol. The van der Waals surface area contributed by atoms with Gasteiger partial charge in [-0.25, -0.2) is 0 Å². The zero-order valence-electron chi connectivity index (χ0n) is 16.1. The van der Waals surface area contributed by atoms with Gasteiger partial charge in [-0.1, -0.05) is 30.3 Å². The highest BCUT2D eigenvalue weighted by Crippen LogP contribution is 2.45. The first-order valence-electron chi connectivity index (χ1n) is 9.79. The molecule has 0 spiro atoms. The third-order valence-electron chi connectivity index (χ3n) is 5.72. The molecule has 2 atom stereocenters. The van der Waals surface area contributed by atoms with E-state index in [4.69, 9.17) is 9.15 Å². The smallest absolute Gasteiger partial charge is 0.163 e. The number of hydrogen-bond acceptors (Lipinski definition) is 5. The van der Waals surface area contributed by atoms with Gasteiger partial charge in [0.2, 0.25) is 0 Å². The lowest BCUT2D eigenvalue weighted by molar-refractivity contribution is -0.116. The molecular weight excluding hydrogens is 364 g/mol. The molecule has 1 aromatic heterocycles. The van der Waals surface area contributed by atoms with Crippen LogP contribution in [0, 0.1) is 0 Å². The predicted molar refractivity (Wildman–Crippen MR) is 112 cm³/mol. The van der Waals surface area contributed by atoms with E-state index in [1.54, 1.807) is 13.4 Å². The fourth-order valence-electron chi connectivity index (χ4n) is 4.38. The van der Waals surface area contributed by atoms with E-state index in [0.717, 1.165) is 46.1 Å². The molecule has 1 aliphatic carbocycles. The van der Waals surface area contributed by atoms with E-state index in [2.05, 4.69) is 16.7 Å². The second kappa shape index (κ2) is 7.17. The number of para-hydroxylation sites is 3. The van der Waals surface area contributed by atoms with Gasteiger partial charge < -0.3 is 19.8 Å². The molecule has 3 aromatic rings. The van der Waals surface area contributed by atoms with Crippen molar-refractivity contribution in [2.45, 2.75) is 24.8 Å². The van der Waals surface area contributed by atoms with Crippen molar-refractivity contribution < 1.29 is 13.9 Å². The number of nitrogens with one attached hydrogen (secondary N) is 2. The Bertz CT molecular complexity index is 1090. The van der Waals surface area contributed by atoms with Gasteiger partial charge in [-0.3, -0.25) is 4.79 Å². The summed E-state index contributed by atoms with van der Waals surface area (Å²) in [6.07, 6.45) is 2.82. The second-order valence-electron chi connectivity index (χ2n) is 7.43. The highest BCUT2D eigenvalue weighted by atomic mass is 16.5. The molecule has 0 amide bonds. The minimum atomic E-state index is -0.317. The number of anilines is 2. The van der Waals surface area contributed by atoms with Crippen LogP contribution in [0.25, 0.3) is 0 Å². The maximum Gasteiger partial charge on any atom is 0.163 e. The summed E-state index contributed by atoms with van der Waals surface area (Å²) in [6.45, 7) is 0. The van der Waals surface area contributed by atoms with Crippen LogP contribution < -0.4 is 15.4 Å². The lowest BCUT2D eigenvalue weighted by Gasteiger charge is -2.29. The van der Waals surface area contributed by atoms with Crippen LogP contribution >= 0.6 is 0 Å². The van der Waals surface area contributed by atoms with Crippen molar-refractivity contribution in [3.8, 4) is 5.75 Å². The number of benzene rings is 2. The number of ketones is 1. The van der Waals surface area contributed by atoms with E-state index >= 15 is 0 Å². The first kappa shape index (κ1) is 17.6. The Morgan fingerprint density at radius 3 is 2.55 bits per heavy atom. The number of allylic oxidation sites excluding steroid dienone is 1. The van der Waals surface area contributed by atoms with Crippen molar-refractivity contribution in [1.82, 2.24) is 0 Å². The number of Topliss-reactive ketones (excluding diaryl/α,β-unsaturated/α-hetero) is 1. The maximum absolute atomic E-state index is 13.4.